The standard InChI is InChI=1S/C20H26B4ClF2N3O/c1-12-2-4-14(28-9-12)10-29-20(23,24)18(27)6-7-30(19(21,22)11-18)17(31)13-3-5-16(26)15(25)8-13/h2-5,8-9,29H,6-7,10-11,21-24H2,1H3. The molecular weight excluding hydrogens is 415 g/mol. The van der Waals surface area contributed by atoms with Gasteiger partial charge in [0.15, 0.2) is 0 Å². The first-order valence-electron chi connectivity index (χ1n) is 10.5. The van der Waals surface area contributed by atoms with Crippen LogP contribution >= 0.6 is 11.6 Å². The third-order valence-corrected chi connectivity index (χ3v) is 6.68. The van der Waals surface area contributed by atoms with Crippen molar-refractivity contribution in [3.05, 3.63) is 64.2 Å². The summed E-state index contributed by atoms with van der Waals surface area (Å²) < 4.78 is 29.8. The van der Waals surface area contributed by atoms with Crippen LogP contribution in [-0.4, -0.2) is 70.1 Å². The van der Waals surface area contributed by atoms with E-state index in [-0.39, 0.29) is 30.3 Å². The number of carbonyl (C=O) groups excluding carboxylic acids is 1. The zero-order chi connectivity index (χ0) is 23.0. The fraction of sp³-hybridized carbons (Fsp3) is 0.400. The van der Waals surface area contributed by atoms with Crippen LogP contribution in [0.15, 0.2) is 36.5 Å². The lowest BCUT2D eigenvalue weighted by molar-refractivity contribution is 0.0104. The normalized spacial score (nSPS) is 21.1. The van der Waals surface area contributed by atoms with Crippen molar-refractivity contribution in [3.8, 4) is 0 Å². The highest BCUT2D eigenvalue weighted by Crippen LogP contribution is 2.40. The number of benzene rings is 1. The number of nitrogens with one attached hydrogen (secondary N) is 1. The highest BCUT2D eigenvalue weighted by Gasteiger charge is 2.53. The molecule has 2 aromatic rings. The third kappa shape index (κ3) is 5.01. The van der Waals surface area contributed by atoms with E-state index in [0.29, 0.717) is 12.1 Å². The van der Waals surface area contributed by atoms with Gasteiger partial charge in [0.1, 0.15) is 42.9 Å². The monoisotopic (exact) mass is 441 g/mol. The minimum atomic E-state index is -1.53. The van der Waals surface area contributed by atoms with Crippen LogP contribution in [0.5, 0.6) is 0 Å². The quantitative estimate of drug-likeness (QED) is 0.652. The van der Waals surface area contributed by atoms with Gasteiger partial charge in [-0.05, 0) is 60.3 Å². The molecule has 1 saturated heterocycles. The predicted octanol–water partition coefficient (Wildman–Crippen LogP) is -0.243. The van der Waals surface area contributed by atoms with Crippen molar-refractivity contribution in [2.75, 3.05) is 6.54 Å². The van der Waals surface area contributed by atoms with E-state index in [1.165, 1.54) is 18.2 Å². The van der Waals surface area contributed by atoms with Crippen molar-refractivity contribution >= 4 is 48.9 Å². The molecule has 31 heavy (non-hydrogen) atoms. The lowest BCUT2D eigenvalue weighted by atomic mass is 9.45. The maximum atomic E-state index is 16.3. The molecule has 1 aromatic carbocycles. The van der Waals surface area contributed by atoms with Crippen molar-refractivity contribution in [1.82, 2.24) is 15.2 Å². The van der Waals surface area contributed by atoms with Crippen LogP contribution in [0.3, 0.4) is 0 Å². The molecule has 3 rings (SSSR count). The Morgan fingerprint density at radius 1 is 1.32 bits per heavy atom. The van der Waals surface area contributed by atoms with E-state index in [0.717, 1.165) is 11.3 Å². The first-order valence-corrected chi connectivity index (χ1v) is 10.8. The number of rotatable bonds is 5. The molecular formula is C20H26B4ClF2N3O. The Bertz CT molecular complexity index is 977. The topological polar surface area (TPSA) is 45.2 Å². The summed E-state index contributed by atoms with van der Waals surface area (Å²) in [5, 5.41) is 1.67. The van der Waals surface area contributed by atoms with Gasteiger partial charge in [-0.1, -0.05) is 17.7 Å². The summed E-state index contributed by atoms with van der Waals surface area (Å²) in [6, 6.07) is 7.83. The van der Waals surface area contributed by atoms with E-state index >= 15 is 4.39 Å². The Morgan fingerprint density at radius 2 is 2.03 bits per heavy atom. The molecule has 11 heteroatoms. The minimum Gasteiger partial charge on any atom is -0.349 e. The predicted molar refractivity (Wildman–Crippen MR) is 131 cm³/mol. The molecule has 1 atom stereocenters. The van der Waals surface area contributed by atoms with Crippen LogP contribution < -0.4 is 5.32 Å². The summed E-state index contributed by atoms with van der Waals surface area (Å²) in [6.07, 6.45) is 2.16. The molecule has 1 aliphatic rings. The molecule has 0 radical (unpaired) electrons. The number of alkyl halides is 1. The summed E-state index contributed by atoms with van der Waals surface area (Å²) in [5.41, 5.74) is 0.695. The molecule has 1 N–H and O–H groups in total. The number of hydrogen-bond donors (Lipinski definition) is 1. The molecule has 2 heterocycles. The number of pyridine rings is 1. The maximum absolute atomic E-state index is 16.3. The number of aryl methyl sites for hydroxylation is 1. The van der Waals surface area contributed by atoms with Crippen molar-refractivity contribution in [2.24, 2.45) is 0 Å². The van der Waals surface area contributed by atoms with Gasteiger partial charge in [0.2, 0.25) is 0 Å². The fourth-order valence-corrected chi connectivity index (χ4v) is 4.41. The second-order valence-corrected chi connectivity index (χ2v) is 10.0. The highest BCUT2D eigenvalue weighted by atomic mass is 35.5. The van der Waals surface area contributed by atoms with Gasteiger partial charge in [-0.3, -0.25) is 9.78 Å². The number of carbonyl (C=O) groups is 1. The molecule has 4 nitrogen and oxygen atoms in total. The number of halogens is 3. The van der Waals surface area contributed by atoms with Crippen molar-refractivity contribution < 1.29 is 13.6 Å². The van der Waals surface area contributed by atoms with Gasteiger partial charge in [0.05, 0.1) is 10.7 Å². The van der Waals surface area contributed by atoms with E-state index in [1.54, 1.807) is 11.1 Å². The molecule has 0 aliphatic carbocycles. The van der Waals surface area contributed by atoms with Gasteiger partial charge in [0, 0.05) is 24.8 Å². The summed E-state index contributed by atoms with van der Waals surface area (Å²) in [7, 11) is 7.44. The zero-order valence-corrected chi connectivity index (χ0v) is 19.5. The number of aromatic nitrogens is 1. The van der Waals surface area contributed by atoms with Crippen LogP contribution in [0.4, 0.5) is 8.78 Å². The van der Waals surface area contributed by atoms with E-state index in [4.69, 9.17) is 11.6 Å². The van der Waals surface area contributed by atoms with E-state index in [9.17, 15) is 9.18 Å². The average molecular weight is 441 g/mol. The molecule has 0 spiro atoms. The van der Waals surface area contributed by atoms with Crippen molar-refractivity contribution in [3.63, 3.8) is 0 Å². The number of hydrogen-bond acceptors (Lipinski definition) is 3. The fourth-order valence-electron chi connectivity index (χ4n) is 4.23. The average Bonchev–Trinajstić information content (AvgIpc) is 2.68. The second-order valence-electron chi connectivity index (χ2n) is 9.60. The Balaban J connectivity index is 1.74. The first kappa shape index (κ1) is 23.9. The van der Waals surface area contributed by atoms with Crippen LogP contribution in [-0.2, 0) is 6.54 Å². The summed E-state index contributed by atoms with van der Waals surface area (Å²) in [4.78, 5) is 19.1. The highest BCUT2D eigenvalue weighted by molar-refractivity contribution is 6.43. The molecule has 1 unspecified atom stereocenters. The van der Waals surface area contributed by atoms with Gasteiger partial charge in [-0.15, -0.1) is 0 Å². The number of piperidine rings is 1. The van der Waals surface area contributed by atoms with Gasteiger partial charge in [-0.2, -0.15) is 0 Å². The van der Waals surface area contributed by atoms with Crippen LogP contribution in [0.25, 0.3) is 0 Å². The third-order valence-electron chi connectivity index (χ3n) is 6.39. The second kappa shape index (κ2) is 8.62. The van der Waals surface area contributed by atoms with Crippen LogP contribution in [0, 0.1) is 12.7 Å². The van der Waals surface area contributed by atoms with E-state index in [1.807, 2.05) is 50.4 Å². The van der Waals surface area contributed by atoms with Gasteiger partial charge < -0.3 is 10.2 Å². The van der Waals surface area contributed by atoms with E-state index in [2.05, 4.69) is 10.3 Å². The van der Waals surface area contributed by atoms with Gasteiger partial charge >= 0.3 is 0 Å². The Labute approximate surface area is 191 Å². The van der Waals surface area contributed by atoms with Gasteiger partial charge in [-0.25, -0.2) is 8.78 Å². The smallest absolute Gasteiger partial charge is 0.253 e. The number of likely N-dealkylation sites (tertiary alicyclic amines) is 1. The molecule has 0 saturated carbocycles. The Hall–Kier alpha value is -1.79. The zero-order valence-electron chi connectivity index (χ0n) is 18.7. The van der Waals surface area contributed by atoms with Crippen molar-refractivity contribution in [2.45, 2.75) is 42.7 Å². The molecule has 1 fully saturated rings. The minimum absolute atomic E-state index is 0.101. The molecule has 1 amide bonds. The lowest BCUT2D eigenvalue weighted by Gasteiger charge is -2.54. The van der Waals surface area contributed by atoms with E-state index < -0.39 is 22.2 Å². The number of amides is 1. The number of nitrogens with zero attached hydrogens (tertiary/aromatic N) is 2. The largest absolute Gasteiger partial charge is 0.349 e. The summed E-state index contributed by atoms with van der Waals surface area (Å²) in [6.45, 7) is 2.68. The van der Waals surface area contributed by atoms with Crippen molar-refractivity contribution in [1.29, 1.82) is 0 Å². The molecule has 1 aliphatic heterocycles. The van der Waals surface area contributed by atoms with Gasteiger partial charge in [0.25, 0.3) is 5.91 Å². The lowest BCUT2D eigenvalue weighted by Crippen LogP contribution is -2.70. The SMILES string of the molecule is BC1(B)CC(F)(C(B)(B)NCc2ccc(C)cn2)CCN1C(=O)c1ccc(F)c(Cl)c1. The maximum Gasteiger partial charge on any atom is 0.253 e. The Morgan fingerprint density at radius 3 is 2.61 bits per heavy atom. The first-order chi connectivity index (χ1) is 14.3. The summed E-state index contributed by atoms with van der Waals surface area (Å²) in [5.74, 6) is -0.849. The van der Waals surface area contributed by atoms with Crippen LogP contribution in [0.2, 0.25) is 5.02 Å². The molecule has 0 bridgehead atoms. The van der Waals surface area contributed by atoms with Crippen LogP contribution in [0.1, 0.15) is 34.5 Å². The summed E-state index contributed by atoms with van der Waals surface area (Å²) >= 11 is 5.85. The Kier molecular flexibility index (Phi) is 6.64. The molecule has 1 aromatic heterocycles. The molecule has 160 valence electrons.